The molecule has 0 bridgehead atoms. The Balaban J connectivity index is 0.967. The lowest BCUT2D eigenvalue weighted by molar-refractivity contribution is 1.30. The summed E-state index contributed by atoms with van der Waals surface area (Å²) in [6, 6.07) is 69.7. The van der Waals surface area contributed by atoms with Gasteiger partial charge in [-0.15, -0.1) is 11.3 Å². The van der Waals surface area contributed by atoms with Crippen LogP contribution in [0.2, 0.25) is 0 Å². The fraction of sp³-hybridized carbons (Fsp3) is 0. The van der Waals surface area contributed by atoms with Crippen LogP contribution < -0.4 is 4.90 Å². The van der Waals surface area contributed by atoms with Gasteiger partial charge in [0.25, 0.3) is 0 Å². The molecular formula is C54H31N3S. The molecule has 0 saturated heterocycles. The highest BCUT2D eigenvalue weighted by molar-refractivity contribution is 7.26. The highest BCUT2D eigenvalue weighted by atomic mass is 32.1. The summed E-state index contributed by atoms with van der Waals surface area (Å²) >= 11 is 1.87. The van der Waals surface area contributed by atoms with Crippen molar-refractivity contribution in [3.63, 3.8) is 0 Å². The number of hydrogen-bond acceptors (Lipinski definition) is 2. The second kappa shape index (κ2) is 11.1. The molecule has 0 aliphatic carbocycles. The lowest BCUT2D eigenvalue weighted by Crippen LogP contribution is -2.10. The van der Waals surface area contributed by atoms with E-state index in [0.29, 0.717) is 0 Å². The number of para-hydroxylation sites is 4. The van der Waals surface area contributed by atoms with Gasteiger partial charge < -0.3 is 13.7 Å². The van der Waals surface area contributed by atoms with Crippen LogP contribution >= 0.6 is 11.3 Å². The minimum Gasteiger partial charge on any atom is -0.309 e. The minimum absolute atomic E-state index is 1.13. The zero-order chi connectivity index (χ0) is 37.6. The number of fused-ring (bicyclic) bond motifs is 15. The maximum absolute atomic E-state index is 2.52. The zero-order valence-corrected chi connectivity index (χ0v) is 32.0. The molecule has 5 heterocycles. The standard InChI is InChI=1S/C54H31N3S/c1-2-13-34(14-3-1)55(48-24-11-22-42-37-17-5-7-25-51(37)58-54(42)48)35-15-8-12-32(28-35)33-26-27-47-43(29-33)39-19-10-21-41-45-30-49-44(31-50(45)57(47)53(39)41)40-20-9-18-38-36-16-4-6-23-46(36)56(49)52(38)40/h1-31H. The Kier molecular flexibility index (Phi) is 5.91. The second-order valence-electron chi connectivity index (χ2n) is 15.7. The molecule has 14 rings (SSSR count). The van der Waals surface area contributed by atoms with Crippen LogP contribution in [0.4, 0.5) is 17.1 Å². The Morgan fingerprint density at radius 2 is 0.862 bits per heavy atom. The van der Waals surface area contributed by atoms with Crippen LogP contribution in [0, 0.1) is 0 Å². The minimum atomic E-state index is 1.13. The Hall–Kier alpha value is -7.40. The topological polar surface area (TPSA) is 12.1 Å². The van der Waals surface area contributed by atoms with Crippen LogP contribution in [0.5, 0.6) is 0 Å². The first kappa shape index (κ1) is 30.8. The van der Waals surface area contributed by atoms with E-state index in [-0.39, 0.29) is 0 Å². The van der Waals surface area contributed by atoms with Gasteiger partial charge >= 0.3 is 0 Å². The Morgan fingerprint density at radius 1 is 0.328 bits per heavy atom. The number of aromatic nitrogens is 2. The Bertz CT molecular complexity index is 3980. The van der Waals surface area contributed by atoms with E-state index in [1.807, 2.05) is 11.3 Å². The van der Waals surface area contributed by atoms with Crippen molar-refractivity contribution in [3.8, 4) is 11.1 Å². The van der Waals surface area contributed by atoms with Crippen LogP contribution in [0.15, 0.2) is 188 Å². The van der Waals surface area contributed by atoms with E-state index >= 15 is 0 Å². The molecule has 0 saturated carbocycles. The zero-order valence-electron chi connectivity index (χ0n) is 31.1. The number of anilines is 3. The summed E-state index contributed by atoms with van der Waals surface area (Å²) in [4.78, 5) is 2.42. The molecule has 0 atom stereocenters. The molecule has 3 nitrogen and oxygen atoms in total. The summed E-state index contributed by atoms with van der Waals surface area (Å²) in [7, 11) is 0. The van der Waals surface area contributed by atoms with Crippen molar-refractivity contribution in [2.75, 3.05) is 4.90 Å². The fourth-order valence-corrected chi connectivity index (χ4v) is 11.5. The maximum atomic E-state index is 2.52. The average molecular weight is 754 g/mol. The van der Waals surface area contributed by atoms with Crippen molar-refractivity contribution in [3.05, 3.63) is 188 Å². The molecule has 4 heteroatoms. The molecule has 0 N–H and O–H groups in total. The monoisotopic (exact) mass is 753 g/mol. The van der Waals surface area contributed by atoms with Crippen LogP contribution in [-0.2, 0) is 0 Å². The van der Waals surface area contributed by atoms with Gasteiger partial charge in [0, 0.05) is 69.9 Å². The molecule has 0 aliphatic rings. The lowest BCUT2D eigenvalue weighted by Gasteiger charge is -2.26. The first-order valence-electron chi connectivity index (χ1n) is 19.9. The summed E-state index contributed by atoms with van der Waals surface area (Å²) in [6.45, 7) is 0. The predicted molar refractivity (Wildman–Crippen MR) is 249 cm³/mol. The number of rotatable bonds is 4. The van der Waals surface area contributed by atoms with Crippen molar-refractivity contribution >= 4 is 125 Å². The fourth-order valence-electron chi connectivity index (χ4n) is 10.3. The Morgan fingerprint density at radius 3 is 1.62 bits per heavy atom. The van der Waals surface area contributed by atoms with Crippen molar-refractivity contribution in [1.82, 2.24) is 8.80 Å². The molecule has 0 amide bonds. The van der Waals surface area contributed by atoms with E-state index < -0.39 is 0 Å². The van der Waals surface area contributed by atoms with Crippen molar-refractivity contribution in [2.45, 2.75) is 0 Å². The van der Waals surface area contributed by atoms with Gasteiger partial charge in [-0.3, -0.25) is 0 Å². The number of nitrogens with zero attached hydrogens (tertiary/aromatic N) is 3. The third-order valence-electron chi connectivity index (χ3n) is 12.7. The van der Waals surface area contributed by atoms with Gasteiger partial charge in [0.15, 0.2) is 0 Å². The van der Waals surface area contributed by atoms with E-state index in [0.717, 1.165) is 11.4 Å². The van der Waals surface area contributed by atoms with Gasteiger partial charge in [0.2, 0.25) is 0 Å². The molecule has 5 aromatic heterocycles. The molecule has 0 radical (unpaired) electrons. The lowest BCUT2D eigenvalue weighted by atomic mass is 10.0. The first-order valence-corrected chi connectivity index (χ1v) is 20.7. The van der Waals surface area contributed by atoms with E-state index in [4.69, 9.17) is 0 Å². The Labute approximate surface area is 336 Å². The summed E-state index contributed by atoms with van der Waals surface area (Å²) in [5.41, 5.74) is 13.5. The summed E-state index contributed by atoms with van der Waals surface area (Å²) in [5.74, 6) is 0. The van der Waals surface area contributed by atoms with Gasteiger partial charge in [-0.25, -0.2) is 0 Å². The third kappa shape index (κ3) is 3.92. The van der Waals surface area contributed by atoms with Crippen LogP contribution in [0.25, 0.3) is 107 Å². The normalized spacial score (nSPS) is 12.5. The molecule has 14 aromatic rings. The number of thiophene rings is 1. The SMILES string of the molecule is c1ccc(N(c2cccc(-c3ccc4c(c3)c3cccc5c6cc7c(cc6n4c35)c3cccc4c5ccccc5n7c43)c2)c2cccc3c2sc2ccccc23)cc1. The van der Waals surface area contributed by atoms with E-state index in [1.165, 1.54) is 113 Å². The van der Waals surface area contributed by atoms with Crippen LogP contribution in [-0.4, -0.2) is 8.80 Å². The maximum Gasteiger partial charge on any atom is 0.0640 e. The largest absolute Gasteiger partial charge is 0.309 e. The number of hydrogen-bond donors (Lipinski definition) is 0. The smallest absolute Gasteiger partial charge is 0.0640 e. The summed E-state index contributed by atoms with van der Waals surface area (Å²) in [6.07, 6.45) is 0. The highest BCUT2D eigenvalue weighted by Crippen LogP contribution is 2.47. The quantitative estimate of drug-likeness (QED) is 0.174. The predicted octanol–water partition coefficient (Wildman–Crippen LogP) is 15.5. The van der Waals surface area contributed by atoms with E-state index in [2.05, 4.69) is 202 Å². The van der Waals surface area contributed by atoms with Gasteiger partial charge in [-0.1, -0.05) is 121 Å². The molecule has 0 unspecified atom stereocenters. The van der Waals surface area contributed by atoms with Gasteiger partial charge in [0.1, 0.15) is 0 Å². The van der Waals surface area contributed by atoms with Gasteiger partial charge in [0.05, 0.1) is 43.5 Å². The summed E-state index contributed by atoms with van der Waals surface area (Å²) < 4.78 is 7.61. The summed E-state index contributed by atoms with van der Waals surface area (Å²) in [5, 5.41) is 13.0. The van der Waals surface area contributed by atoms with E-state index in [1.54, 1.807) is 0 Å². The third-order valence-corrected chi connectivity index (χ3v) is 13.9. The molecule has 58 heavy (non-hydrogen) atoms. The van der Waals surface area contributed by atoms with Gasteiger partial charge in [-0.2, -0.15) is 0 Å². The molecule has 9 aromatic carbocycles. The molecule has 0 spiro atoms. The van der Waals surface area contributed by atoms with E-state index in [9.17, 15) is 0 Å². The van der Waals surface area contributed by atoms with Crippen LogP contribution in [0.3, 0.4) is 0 Å². The second-order valence-corrected chi connectivity index (χ2v) is 16.7. The average Bonchev–Trinajstić information content (AvgIpc) is 4.08. The van der Waals surface area contributed by atoms with Crippen LogP contribution in [0.1, 0.15) is 0 Å². The molecule has 0 fully saturated rings. The molecule has 0 aliphatic heterocycles. The van der Waals surface area contributed by atoms with Gasteiger partial charge in [-0.05, 0) is 77.9 Å². The van der Waals surface area contributed by atoms with Crippen molar-refractivity contribution < 1.29 is 0 Å². The highest BCUT2D eigenvalue weighted by Gasteiger charge is 2.23. The molecule has 268 valence electrons. The first-order chi connectivity index (χ1) is 28.8. The number of benzene rings is 9. The molecular weight excluding hydrogens is 723 g/mol. The van der Waals surface area contributed by atoms with Crippen molar-refractivity contribution in [1.29, 1.82) is 0 Å². The van der Waals surface area contributed by atoms with Crippen molar-refractivity contribution in [2.24, 2.45) is 0 Å².